The van der Waals surface area contributed by atoms with Gasteiger partial charge in [-0.05, 0) is 30.3 Å². The van der Waals surface area contributed by atoms with E-state index < -0.39 is 12.2 Å². The molecule has 2 heterocycles. The Hall–Kier alpha value is -3.71. The van der Waals surface area contributed by atoms with E-state index in [2.05, 4.69) is 0 Å². The van der Waals surface area contributed by atoms with Crippen molar-refractivity contribution in [3.8, 4) is 23.0 Å². The van der Waals surface area contributed by atoms with E-state index in [1.807, 2.05) is 0 Å². The van der Waals surface area contributed by atoms with E-state index >= 15 is 0 Å². The van der Waals surface area contributed by atoms with Crippen LogP contribution in [-0.4, -0.2) is 30.0 Å². The molecule has 0 amide bonds. The van der Waals surface area contributed by atoms with Gasteiger partial charge in [0.25, 0.3) is 0 Å². The van der Waals surface area contributed by atoms with Crippen LogP contribution < -0.4 is 19.6 Å². The van der Waals surface area contributed by atoms with Crippen LogP contribution in [0, 0.1) is 0 Å². The fourth-order valence-corrected chi connectivity index (χ4v) is 3.72. The lowest BCUT2D eigenvalue weighted by atomic mass is 10.0. The topological polar surface area (TPSA) is 98.4 Å². The predicted molar refractivity (Wildman–Crippen MR) is 110 cm³/mol. The molecule has 0 unspecified atom stereocenters. The van der Waals surface area contributed by atoms with E-state index in [1.165, 1.54) is 13.2 Å². The monoisotopic (exact) mass is 406 g/mol. The minimum absolute atomic E-state index is 0.00132. The van der Waals surface area contributed by atoms with Crippen LogP contribution in [0.1, 0.15) is 11.7 Å². The first kappa shape index (κ1) is 18.3. The summed E-state index contributed by atoms with van der Waals surface area (Å²) in [6.45, 7) is -0.308. The van der Waals surface area contributed by atoms with Gasteiger partial charge in [0.05, 0.1) is 24.5 Å². The second kappa shape index (κ2) is 6.96. The van der Waals surface area contributed by atoms with Gasteiger partial charge in [-0.25, -0.2) is 0 Å². The number of aromatic hydroxyl groups is 1. The zero-order valence-corrected chi connectivity index (χ0v) is 16.0. The first-order valence-corrected chi connectivity index (χ1v) is 9.39. The molecular formula is C23H18O7. The van der Waals surface area contributed by atoms with E-state index in [0.29, 0.717) is 39.0 Å². The number of hydrogen-bond acceptors (Lipinski definition) is 7. The van der Waals surface area contributed by atoms with Gasteiger partial charge in [0.1, 0.15) is 11.2 Å². The minimum Gasteiger partial charge on any atom is -0.504 e. The number of fused-ring (bicyclic) bond motifs is 3. The van der Waals surface area contributed by atoms with Crippen molar-refractivity contribution in [3.05, 3.63) is 70.4 Å². The third-order valence-corrected chi connectivity index (χ3v) is 5.22. The quantitative estimate of drug-likeness (QED) is 0.502. The molecule has 7 nitrogen and oxygen atoms in total. The van der Waals surface area contributed by atoms with Gasteiger partial charge >= 0.3 is 0 Å². The second-order valence-electron chi connectivity index (χ2n) is 7.03. The lowest BCUT2D eigenvalue weighted by Crippen LogP contribution is -2.36. The number of phenolic OH excluding ortho intramolecular Hbond substituents is 1. The van der Waals surface area contributed by atoms with Crippen molar-refractivity contribution in [1.29, 1.82) is 0 Å². The third kappa shape index (κ3) is 2.83. The zero-order chi connectivity index (χ0) is 20.8. The Bertz CT molecular complexity index is 1320. The summed E-state index contributed by atoms with van der Waals surface area (Å²) >= 11 is 0. The molecule has 0 spiro atoms. The number of rotatable bonds is 3. The molecular weight excluding hydrogens is 388 g/mol. The standard InChI is InChI=1S/C23H18O7/c1-27-18-8-12(6-7-15(18)25)23-21(11-24)29-19-9-14-17(10-20(19)30-23)28-16-5-3-2-4-13(16)22(14)26/h2-10,21,23-25H,11H2,1H3/t21-,23-/m0/s1. The molecule has 2 atom stereocenters. The molecule has 0 radical (unpaired) electrons. The van der Waals surface area contributed by atoms with Crippen LogP contribution in [0.3, 0.4) is 0 Å². The molecule has 0 saturated heterocycles. The number of para-hydroxylation sites is 1. The molecule has 7 heteroatoms. The molecule has 0 fully saturated rings. The van der Waals surface area contributed by atoms with Gasteiger partial charge in [-0.15, -0.1) is 0 Å². The molecule has 5 rings (SSSR count). The molecule has 0 aliphatic carbocycles. The number of hydrogen-bond donors (Lipinski definition) is 2. The first-order chi connectivity index (χ1) is 14.6. The van der Waals surface area contributed by atoms with Gasteiger partial charge in [-0.3, -0.25) is 4.79 Å². The van der Waals surface area contributed by atoms with Gasteiger partial charge in [0, 0.05) is 11.6 Å². The summed E-state index contributed by atoms with van der Waals surface area (Å²) in [5, 5.41) is 20.6. The zero-order valence-electron chi connectivity index (χ0n) is 16.0. The highest BCUT2D eigenvalue weighted by Crippen LogP contribution is 2.43. The highest BCUT2D eigenvalue weighted by atomic mass is 16.6. The van der Waals surface area contributed by atoms with E-state index in [4.69, 9.17) is 18.6 Å². The summed E-state index contributed by atoms with van der Waals surface area (Å²) in [4.78, 5) is 12.9. The highest BCUT2D eigenvalue weighted by molar-refractivity contribution is 5.91. The SMILES string of the molecule is COc1cc([C@@H]2Oc3cc4oc5ccccc5c(=O)c4cc3O[C@H]2CO)ccc1O. The van der Waals surface area contributed by atoms with Crippen LogP contribution in [0.5, 0.6) is 23.0 Å². The predicted octanol–water partition coefficient (Wildman–Crippen LogP) is 3.53. The first-order valence-electron chi connectivity index (χ1n) is 9.39. The maximum Gasteiger partial charge on any atom is 0.200 e. The Labute approximate surface area is 170 Å². The highest BCUT2D eigenvalue weighted by Gasteiger charge is 2.34. The van der Waals surface area contributed by atoms with Crippen molar-refractivity contribution >= 4 is 21.9 Å². The summed E-state index contributed by atoms with van der Waals surface area (Å²) in [5.74, 6) is 1.03. The Morgan fingerprint density at radius 1 is 0.967 bits per heavy atom. The van der Waals surface area contributed by atoms with Crippen LogP contribution in [0.15, 0.2) is 63.8 Å². The summed E-state index contributed by atoms with van der Waals surface area (Å²) in [6, 6.07) is 15.0. The molecule has 1 aromatic heterocycles. The van der Waals surface area contributed by atoms with E-state index in [1.54, 1.807) is 48.5 Å². The average molecular weight is 406 g/mol. The van der Waals surface area contributed by atoms with Crippen molar-refractivity contribution in [2.45, 2.75) is 12.2 Å². The Morgan fingerprint density at radius 3 is 2.57 bits per heavy atom. The van der Waals surface area contributed by atoms with Crippen LogP contribution in [0.4, 0.5) is 0 Å². The van der Waals surface area contributed by atoms with Crippen molar-refractivity contribution < 1.29 is 28.8 Å². The van der Waals surface area contributed by atoms with Crippen molar-refractivity contribution in [1.82, 2.24) is 0 Å². The van der Waals surface area contributed by atoms with Crippen LogP contribution in [0.25, 0.3) is 21.9 Å². The van der Waals surface area contributed by atoms with E-state index in [0.717, 1.165) is 0 Å². The molecule has 1 aliphatic rings. The molecule has 1 aliphatic heterocycles. The lowest BCUT2D eigenvalue weighted by Gasteiger charge is -2.33. The molecule has 2 N–H and O–H groups in total. The number of ether oxygens (including phenoxy) is 3. The maximum absolute atomic E-state index is 12.9. The lowest BCUT2D eigenvalue weighted by molar-refractivity contribution is -0.0122. The van der Waals surface area contributed by atoms with E-state index in [9.17, 15) is 15.0 Å². The number of methoxy groups -OCH3 is 1. The van der Waals surface area contributed by atoms with Crippen LogP contribution >= 0.6 is 0 Å². The van der Waals surface area contributed by atoms with Gasteiger partial charge in [0.15, 0.2) is 35.2 Å². The maximum atomic E-state index is 12.9. The van der Waals surface area contributed by atoms with Gasteiger partial charge in [0.2, 0.25) is 5.43 Å². The number of aliphatic hydroxyl groups excluding tert-OH is 1. The molecule has 0 bridgehead atoms. The average Bonchev–Trinajstić information content (AvgIpc) is 2.78. The summed E-state index contributed by atoms with van der Waals surface area (Å²) in [5.41, 5.74) is 1.36. The fourth-order valence-electron chi connectivity index (χ4n) is 3.72. The summed E-state index contributed by atoms with van der Waals surface area (Å²) < 4.78 is 23.2. The largest absolute Gasteiger partial charge is 0.504 e. The summed E-state index contributed by atoms with van der Waals surface area (Å²) in [7, 11) is 1.45. The molecule has 3 aromatic carbocycles. The van der Waals surface area contributed by atoms with Crippen LogP contribution in [0.2, 0.25) is 0 Å². The normalized spacial score (nSPS) is 17.9. The number of phenols is 1. The summed E-state index contributed by atoms with van der Waals surface area (Å²) in [6.07, 6.45) is -1.36. The molecule has 4 aromatic rings. The smallest absolute Gasteiger partial charge is 0.200 e. The van der Waals surface area contributed by atoms with Gasteiger partial charge in [-0.2, -0.15) is 0 Å². The van der Waals surface area contributed by atoms with E-state index in [-0.39, 0.29) is 23.5 Å². The third-order valence-electron chi connectivity index (χ3n) is 5.22. The Morgan fingerprint density at radius 2 is 1.77 bits per heavy atom. The number of benzene rings is 3. The molecule has 152 valence electrons. The van der Waals surface area contributed by atoms with Gasteiger partial charge in [-0.1, -0.05) is 18.2 Å². The number of aliphatic hydroxyl groups is 1. The molecule has 30 heavy (non-hydrogen) atoms. The fraction of sp³-hybridized carbons (Fsp3) is 0.174. The molecule has 0 saturated carbocycles. The Balaban J connectivity index is 1.63. The Kier molecular flexibility index (Phi) is 4.25. The van der Waals surface area contributed by atoms with Crippen molar-refractivity contribution in [2.75, 3.05) is 13.7 Å². The van der Waals surface area contributed by atoms with Crippen LogP contribution in [-0.2, 0) is 0 Å². The van der Waals surface area contributed by atoms with Crippen molar-refractivity contribution in [2.24, 2.45) is 0 Å². The second-order valence-corrected chi connectivity index (χ2v) is 7.03. The van der Waals surface area contributed by atoms with Crippen molar-refractivity contribution in [3.63, 3.8) is 0 Å². The van der Waals surface area contributed by atoms with Gasteiger partial charge < -0.3 is 28.8 Å². The minimum atomic E-state index is -0.711.